The molecule has 1 aromatic carbocycles. The van der Waals surface area contributed by atoms with Crippen molar-refractivity contribution in [3.05, 3.63) is 92.1 Å². The first-order chi connectivity index (χ1) is 16.2. The van der Waals surface area contributed by atoms with Crippen LogP contribution in [0.5, 0.6) is 0 Å². The molecule has 166 valence electrons. The summed E-state index contributed by atoms with van der Waals surface area (Å²) in [6.45, 7) is 4.09. The van der Waals surface area contributed by atoms with E-state index < -0.39 is 0 Å². The molecule has 5 rings (SSSR count). The number of amides is 1. The molecule has 0 saturated heterocycles. The van der Waals surface area contributed by atoms with E-state index in [9.17, 15) is 9.59 Å². The Bertz CT molecular complexity index is 1390. The molecule has 0 fully saturated rings. The van der Waals surface area contributed by atoms with Crippen LogP contribution in [0, 0.1) is 0 Å². The standard InChI is InChI=1S/C24H20N4O2S3/c1-2-11-27-23(30)16-7-3-4-8-17(16)25-24(27)33-15-22(29)28-19(21-10-6-13-32-21)14-18(26-28)20-9-5-12-31-20/h2-10,12-13,19H,1,11,14-15H2. The third-order valence-electron chi connectivity index (χ3n) is 5.31. The Labute approximate surface area is 202 Å². The Morgan fingerprint density at radius 1 is 1.15 bits per heavy atom. The maximum Gasteiger partial charge on any atom is 0.262 e. The number of hydrazone groups is 1. The third-order valence-corrected chi connectivity index (χ3v) is 8.16. The van der Waals surface area contributed by atoms with Gasteiger partial charge in [0.05, 0.1) is 33.3 Å². The zero-order chi connectivity index (χ0) is 22.8. The van der Waals surface area contributed by atoms with Crippen LogP contribution in [-0.2, 0) is 11.3 Å². The number of carbonyl (C=O) groups excluding carboxylic acids is 1. The smallest absolute Gasteiger partial charge is 0.262 e. The van der Waals surface area contributed by atoms with Crippen molar-refractivity contribution in [2.75, 3.05) is 5.75 Å². The van der Waals surface area contributed by atoms with Crippen LogP contribution in [0.3, 0.4) is 0 Å². The van der Waals surface area contributed by atoms with Crippen molar-refractivity contribution in [1.29, 1.82) is 0 Å². The number of fused-ring (bicyclic) bond motifs is 1. The molecule has 1 unspecified atom stereocenters. The Morgan fingerprint density at radius 3 is 2.73 bits per heavy atom. The monoisotopic (exact) mass is 492 g/mol. The molecule has 1 aliphatic rings. The van der Waals surface area contributed by atoms with Gasteiger partial charge in [0.2, 0.25) is 0 Å². The predicted octanol–water partition coefficient (Wildman–Crippen LogP) is 5.18. The molecular weight excluding hydrogens is 472 g/mol. The number of thioether (sulfide) groups is 1. The number of carbonyl (C=O) groups is 1. The molecule has 0 N–H and O–H groups in total. The Kier molecular flexibility index (Phi) is 6.26. The number of rotatable bonds is 7. The second kappa shape index (κ2) is 9.46. The average Bonchev–Trinajstić information content (AvgIpc) is 3.60. The van der Waals surface area contributed by atoms with Crippen LogP contribution in [0.15, 0.2) is 87.0 Å². The number of nitrogens with zero attached hydrogens (tertiary/aromatic N) is 4. The van der Waals surface area contributed by atoms with E-state index in [1.54, 1.807) is 44.4 Å². The average molecular weight is 493 g/mol. The summed E-state index contributed by atoms with van der Waals surface area (Å²) in [6.07, 6.45) is 2.35. The number of allylic oxidation sites excluding steroid dienone is 1. The minimum atomic E-state index is -0.133. The number of hydrogen-bond acceptors (Lipinski definition) is 7. The zero-order valence-corrected chi connectivity index (χ0v) is 20.0. The van der Waals surface area contributed by atoms with Gasteiger partial charge < -0.3 is 0 Å². The Balaban J connectivity index is 1.43. The lowest BCUT2D eigenvalue weighted by molar-refractivity contribution is -0.130. The lowest BCUT2D eigenvalue weighted by atomic mass is 10.1. The van der Waals surface area contributed by atoms with Crippen molar-refractivity contribution in [1.82, 2.24) is 14.6 Å². The van der Waals surface area contributed by atoms with Gasteiger partial charge in [-0.05, 0) is 35.0 Å². The first-order valence-corrected chi connectivity index (χ1v) is 13.1. The van der Waals surface area contributed by atoms with Gasteiger partial charge in [-0.2, -0.15) is 5.10 Å². The SMILES string of the molecule is C=CCn1c(SCC(=O)N2N=C(c3cccs3)CC2c2cccs2)nc2ccccc2c1=O. The molecule has 9 heteroatoms. The summed E-state index contributed by atoms with van der Waals surface area (Å²) < 4.78 is 1.56. The number of para-hydroxylation sites is 1. The van der Waals surface area contributed by atoms with Gasteiger partial charge in [-0.1, -0.05) is 42.1 Å². The Hall–Kier alpha value is -3.01. The highest BCUT2D eigenvalue weighted by molar-refractivity contribution is 7.99. The molecule has 4 heterocycles. The van der Waals surface area contributed by atoms with Crippen LogP contribution >= 0.6 is 34.4 Å². The first-order valence-electron chi connectivity index (χ1n) is 10.4. The van der Waals surface area contributed by atoms with Gasteiger partial charge in [0.25, 0.3) is 11.5 Å². The number of thiophene rings is 2. The summed E-state index contributed by atoms with van der Waals surface area (Å²) in [7, 11) is 0. The molecular formula is C24H20N4O2S3. The molecule has 1 atom stereocenters. The summed E-state index contributed by atoms with van der Waals surface area (Å²) in [5.41, 5.74) is 1.41. The van der Waals surface area contributed by atoms with Crippen molar-refractivity contribution < 1.29 is 4.79 Å². The van der Waals surface area contributed by atoms with Crippen molar-refractivity contribution in [3.63, 3.8) is 0 Å². The van der Waals surface area contributed by atoms with Gasteiger partial charge in [0.15, 0.2) is 5.16 Å². The second-order valence-electron chi connectivity index (χ2n) is 7.40. The largest absolute Gasteiger partial charge is 0.283 e. The van der Waals surface area contributed by atoms with E-state index in [2.05, 4.69) is 11.6 Å². The van der Waals surface area contributed by atoms with Crippen LogP contribution < -0.4 is 5.56 Å². The molecule has 1 amide bonds. The topological polar surface area (TPSA) is 67.6 Å². The van der Waals surface area contributed by atoms with E-state index >= 15 is 0 Å². The highest BCUT2D eigenvalue weighted by Gasteiger charge is 2.34. The molecule has 0 spiro atoms. The van der Waals surface area contributed by atoms with E-state index in [1.807, 2.05) is 53.2 Å². The molecule has 3 aromatic heterocycles. The molecule has 0 saturated carbocycles. The van der Waals surface area contributed by atoms with Crippen LogP contribution in [-0.4, -0.2) is 31.9 Å². The summed E-state index contributed by atoms with van der Waals surface area (Å²) in [5.74, 6) is 0.0166. The fourth-order valence-corrected chi connectivity index (χ4v) is 6.17. The van der Waals surface area contributed by atoms with Gasteiger partial charge in [-0.25, -0.2) is 9.99 Å². The number of aromatic nitrogens is 2. The van der Waals surface area contributed by atoms with Crippen molar-refractivity contribution >= 4 is 57.0 Å². The van der Waals surface area contributed by atoms with E-state index in [0.717, 1.165) is 15.5 Å². The molecule has 0 aliphatic carbocycles. The van der Waals surface area contributed by atoms with Crippen molar-refractivity contribution in [3.8, 4) is 0 Å². The van der Waals surface area contributed by atoms with Crippen LogP contribution in [0.4, 0.5) is 0 Å². The molecule has 0 radical (unpaired) electrons. The van der Waals surface area contributed by atoms with E-state index in [1.165, 1.54) is 11.8 Å². The second-order valence-corrected chi connectivity index (χ2v) is 10.3. The predicted molar refractivity (Wildman–Crippen MR) is 136 cm³/mol. The quantitative estimate of drug-likeness (QED) is 0.203. The van der Waals surface area contributed by atoms with Gasteiger partial charge in [0, 0.05) is 17.8 Å². The van der Waals surface area contributed by atoms with Crippen LogP contribution in [0.2, 0.25) is 0 Å². The molecule has 6 nitrogen and oxygen atoms in total. The minimum Gasteiger partial charge on any atom is -0.283 e. The zero-order valence-electron chi connectivity index (χ0n) is 17.6. The van der Waals surface area contributed by atoms with E-state index in [0.29, 0.717) is 29.0 Å². The summed E-state index contributed by atoms with van der Waals surface area (Å²) >= 11 is 4.51. The Morgan fingerprint density at radius 2 is 1.97 bits per heavy atom. The number of hydrogen-bond donors (Lipinski definition) is 0. The van der Waals surface area contributed by atoms with Crippen molar-refractivity contribution in [2.24, 2.45) is 5.10 Å². The molecule has 0 bridgehead atoms. The van der Waals surface area contributed by atoms with Gasteiger partial charge in [-0.3, -0.25) is 14.2 Å². The van der Waals surface area contributed by atoms with E-state index in [-0.39, 0.29) is 23.3 Å². The maximum absolute atomic E-state index is 13.3. The summed E-state index contributed by atoms with van der Waals surface area (Å²) in [6, 6.07) is 15.2. The molecule has 4 aromatic rings. The third kappa shape index (κ3) is 4.31. The minimum absolute atomic E-state index is 0.113. The maximum atomic E-state index is 13.3. The molecule has 33 heavy (non-hydrogen) atoms. The normalized spacial score (nSPS) is 15.7. The van der Waals surface area contributed by atoms with Crippen molar-refractivity contribution in [2.45, 2.75) is 24.2 Å². The van der Waals surface area contributed by atoms with E-state index in [4.69, 9.17) is 5.10 Å². The highest BCUT2D eigenvalue weighted by Crippen LogP contribution is 2.36. The van der Waals surface area contributed by atoms with Gasteiger partial charge >= 0.3 is 0 Å². The summed E-state index contributed by atoms with van der Waals surface area (Å²) in [5, 5.41) is 11.4. The number of benzene rings is 1. The van der Waals surface area contributed by atoms with Gasteiger partial charge in [0.1, 0.15) is 0 Å². The van der Waals surface area contributed by atoms with Crippen LogP contribution in [0.25, 0.3) is 10.9 Å². The lowest BCUT2D eigenvalue weighted by Gasteiger charge is -2.20. The summed E-state index contributed by atoms with van der Waals surface area (Å²) in [4.78, 5) is 33.1. The highest BCUT2D eigenvalue weighted by atomic mass is 32.2. The van der Waals surface area contributed by atoms with Crippen LogP contribution in [0.1, 0.15) is 22.2 Å². The lowest BCUT2D eigenvalue weighted by Crippen LogP contribution is -2.29. The first kappa shape index (κ1) is 21.8. The fraction of sp³-hybridized carbons (Fsp3) is 0.167. The fourth-order valence-electron chi connectivity index (χ4n) is 3.77. The molecule has 1 aliphatic heterocycles. The van der Waals surface area contributed by atoms with Gasteiger partial charge in [-0.15, -0.1) is 29.3 Å².